The number of anilines is 1. The molecule has 1 saturated carbocycles. The predicted molar refractivity (Wildman–Crippen MR) is 80.0 cm³/mol. The fourth-order valence-electron chi connectivity index (χ4n) is 2.24. The van der Waals surface area contributed by atoms with Crippen LogP contribution >= 0.6 is 0 Å². The van der Waals surface area contributed by atoms with Crippen molar-refractivity contribution in [2.45, 2.75) is 24.9 Å². The molecule has 1 aromatic carbocycles. The summed E-state index contributed by atoms with van der Waals surface area (Å²) in [6.45, 7) is 0.0908. The highest BCUT2D eigenvalue weighted by molar-refractivity contribution is 5.98. The first-order valence-corrected chi connectivity index (χ1v) is 7.27. The number of carbonyl (C=O) groups is 2. The van der Waals surface area contributed by atoms with E-state index in [0.717, 1.165) is 12.8 Å². The minimum atomic E-state index is -0.689. The average molecular weight is 305 g/mol. The third kappa shape index (κ3) is 3.14. The number of fused-ring (bicyclic) bond motifs is 1. The molecule has 0 bridgehead atoms. The van der Waals surface area contributed by atoms with Crippen molar-refractivity contribution in [1.29, 1.82) is 0 Å². The summed E-state index contributed by atoms with van der Waals surface area (Å²) >= 11 is 0. The summed E-state index contributed by atoms with van der Waals surface area (Å²) < 4.78 is 11.0. The Hall–Kier alpha value is -2.28. The van der Waals surface area contributed by atoms with Gasteiger partial charge >= 0.3 is 0 Å². The highest BCUT2D eigenvalue weighted by Gasteiger charge is 2.27. The maximum Gasteiger partial charge on any atom is 0.258 e. The van der Waals surface area contributed by atoms with Gasteiger partial charge in [-0.1, -0.05) is 0 Å². The second kappa shape index (κ2) is 5.84. The predicted octanol–water partition coefficient (Wildman–Crippen LogP) is 0.0265. The summed E-state index contributed by atoms with van der Waals surface area (Å²) in [6, 6.07) is 4.71. The Balaban J connectivity index is 1.69. The van der Waals surface area contributed by atoms with E-state index in [9.17, 15) is 9.59 Å². The highest BCUT2D eigenvalue weighted by atomic mass is 16.5. The lowest BCUT2D eigenvalue weighted by Crippen LogP contribution is -2.43. The number of nitrogens with zero attached hydrogens (tertiary/aromatic N) is 1. The van der Waals surface area contributed by atoms with Gasteiger partial charge in [0, 0.05) is 19.2 Å². The number of hydrogen-bond acceptors (Lipinski definition) is 5. The van der Waals surface area contributed by atoms with E-state index in [4.69, 9.17) is 15.2 Å². The van der Waals surface area contributed by atoms with Crippen molar-refractivity contribution in [3.8, 4) is 11.5 Å². The van der Waals surface area contributed by atoms with E-state index in [1.54, 1.807) is 25.2 Å². The van der Waals surface area contributed by atoms with E-state index in [1.165, 1.54) is 4.90 Å². The molecule has 1 fully saturated rings. The van der Waals surface area contributed by atoms with E-state index in [2.05, 4.69) is 5.32 Å². The third-order valence-electron chi connectivity index (χ3n) is 3.67. The Morgan fingerprint density at radius 2 is 2.27 bits per heavy atom. The summed E-state index contributed by atoms with van der Waals surface area (Å²) in [5.41, 5.74) is 6.32. The molecule has 0 saturated heterocycles. The smallest absolute Gasteiger partial charge is 0.258 e. The van der Waals surface area contributed by atoms with Gasteiger partial charge in [-0.3, -0.25) is 9.59 Å². The lowest BCUT2D eigenvalue weighted by molar-refractivity contribution is -0.123. The number of carbonyl (C=O) groups excluding carboxylic acids is 2. The standard InChI is InChI=1S/C15H19N3O4/c1-18-12-6-10(21-8-14(19)17-9-2-3-9)4-5-13(12)22-7-11(16)15(18)20/h4-6,9,11H,2-3,7-8,16H2,1H3,(H,17,19)/t11-/m0/s1. The summed E-state index contributed by atoms with van der Waals surface area (Å²) in [4.78, 5) is 25.1. The maximum absolute atomic E-state index is 12.0. The zero-order valence-corrected chi connectivity index (χ0v) is 12.4. The molecule has 0 radical (unpaired) electrons. The Morgan fingerprint density at radius 1 is 1.50 bits per heavy atom. The van der Waals surface area contributed by atoms with Crippen LogP contribution in [0.3, 0.4) is 0 Å². The number of amides is 2. The van der Waals surface area contributed by atoms with E-state index >= 15 is 0 Å². The van der Waals surface area contributed by atoms with Crippen LogP contribution in [0, 0.1) is 0 Å². The van der Waals surface area contributed by atoms with Gasteiger partial charge in [0.2, 0.25) is 5.91 Å². The highest BCUT2D eigenvalue weighted by Crippen LogP contribution is 2.33. The van der Waals surface area contributed by atoms with Crippen LogP contribution in [0.2, 0.25) is 0 Å². The zero-order valence-electron chi connectivity index (χ0n) is 12.4. The van der Waals surface area contributed by atoms with Crippen molar-refractivity contribution in [1.82, 2.24) is 5.32 Å². The molecule has 22 heavy (non-hydrogen) atoms. The lowest BCUT2D eigenvalue weighted by Gasteiger charge is -2.18. The molecular formula is C15H19N3O4. The number of hydrogen-bond donors (Lipinski definition) is 2. The number of nitrogens with one attached hydrogen (secondary N) is 1. The fraction of sp³-hybridized carbons (Fsp3) is 0.467. The number of benzene rings is 1. The monoisotopic (exact) mass is 305 g/mol. The second-order valence-corrected chi connectivity index (χ2v) is 5.57. The molecule has 2 aliphatic rings. The Morgan fingerprint density at radius 3 is 3.00 bits per heavy atom. The first kappa shape index (κ1) is 14.6. The molecule has 2 amide bonds. The topological polar surface area (TPSA) is 93.9 Å². The van der Waals surface area contributed by atoms with E-state index in [1.807, 2.05) is 0 Å². The van der Waals surface area contributed by atoms with Gasteiger partial charge in [-0.15, -0.1) is 0 Å². The van der Waals surface area contributed by atoms with Gasteiger partial charge in [0.15, 0.2) is 6.61 Å². The van der Waals surface area contributed by atoms with Crippen LogP contribution in [-0.2, 0) is 9.59 Å². The van der Waals surface area contributed by atoms with E-state index in [0.29, 0.717) is 23.2 Å². The molecule has 3 rings (SSSR count). The van der Waals surface area contributed by atoms with Crippen LogP contribution in [0.15, 0.2) is 18.2 Å². The SMILES string of the molecule is CN1C(=O)[C@@H](N)COc2ccc(OCC(=O)NC3CC3)cc21. The van der Waals surface area contributed by atoms with Gasteiger partial charge in [0.1, 0.15) is 24.1 Å². The van der Waals surface area contributed by atoms with Crippen molar-refractivity contribution in [2.24, 2.45) is 5.73 Å². The average Bonchev–Trinajstić information content (AvgIpc) is 3.33. The number of likely N-dealkylation sites (N-methyl/N-ethyl adjacent to an activating group) is 1. The first-order chi connectivity index (χ1) is 10.5. The number of rotatable bonds is 4. The Labute approximate surface area is 128 Å². The van der Waals surface area contributed by atoms with Crippen molar-refractivity contribution in [2.75, 3.05) is 25.2 Å². The van der Waals surface area contributed by atoms with Crippen LogP contribution < -0.4 is 25.4 Å². The van der Waals surface area contributed by atoms with Crippen LogP contribution in [0.25, 0.3) is 0 Å². The maximum atomic E-state index is 12.0. The summed E-state index contributed by atoms with van der Waals surface area (Å²) in [7, 11) is 1.64. The van der Waals surface area contributed by atoms with Gasteiger partial charge in [0.05, 0.1) is 5.69 Å². The minimum Gasteiger partial charge on any atom is -0.489 e. The molecule has 7 heteroatoms. The van der Waals surface area contributed by atoms with Gasteiger partial charge < -0.3 is 25.4 Å². The van der Waals surface area contributed by atoms with Gasteiger partial charge in [-0.2, -0.15) is 0 Å². The van der Waals surface area contributed by atoms with Crippen molar-refractivity contribution in [3.63, 3.8) is 0 Å². The molecule has 0 unspecified atom stereocenters. The second-order valence-electron chi connectivity index (χ2n) is 5.57. The van der Waals surface area contributed by atoms with Gasteiger partial charge in [-0.05, 0) is 25.0 Å². The van der Waals surface area contributed by atoms with Crippen LogP contribution in [0.5, 0.6) is 11.5 Å². The fourth-order valence-corrected chi connectivity index (χ4v) is 2.24. The molecule has 1 aliphatic heterocycles. The minimum absolute atomic E-state index is 0.0483. The molecule has 0 spiro atoms. The molecule has 1 aromatic rings. The van der Waals surface area contributed by atoms with Gasteiger partial charge in [-0.25, -0.2) is 0 Å². The molecule has 0 aromatic heterocycles. The summed E-state index contributed by atoms with van der Waals surface area (Å²) in [5.74, 6) is 0.713. The van der Waals surface area contributed by atoms with E-state index in [-0.39, 0.29) is 25.0 Å². The Bertz CT molecular complexity index is 600. The van der Waals surface area contributed by atoms with Crippen LogP contribution in [-0.4, -0.2) is 44.2 Å². The summed E-state index contributed by atoms with van der Waals surface area (Å²) in [6.07, 6.45) is 2.07. The van der Waals surface area contributed by atoms with Crippen LogP contribution in [0.1, 0.15) is 12.8 Å². The number of nitrogens with two attached hydrogens (primary N) is 1. The lowest BCUT2D eigenvalue weighted by atomic mass is 10.2. The molecule has 7 nitrogen and oxygen atoms in total. The van der Waals surface area contributed by atoms with Crippen molar-refractivity contribution < 1.29 is 19.1 Å². The normalized spacial score (nSPS) is 20.7. The quantitative estimate of drug-likeness (QED) is 0.818. The largest absolute Gasteiger partial charge is 0.489 e. The van der Waals surface area contributed by atoms with Crippen molar-refractivity contribution in [3.05, 3.63) is 18.2 Å². The molecule has 118 valence electrons. The van der Waals surface area contributed by atoms with Gasteiger partial charge in [0.25, 0.3) is 5.91 Å². The Kier molecular flexibility index (Phi) is 3.89. The molecule has 3 N–H and O–H groups in total. The molecule has 1 atom stereocenters. The summed E-state index contributed by atoms with van der Waals surface area (Å²) in [5, 5.41) is 2.85. The zero-order chi connectivity index (χ0) is 15.7. The third-order valence-corrected chi connectivity index (χ3v) is 3.67. The molecule has 1 aliphatic carbocycles. The first-order valence-electron chi connectivity index (χ1n) is 7.27. The van der Waals surface area contributed by atoms with Crippen molar-refractivity contribution >= 4 is 17.5 Å². The molecular weight excluding hydrogens is 286 g/mol. The van der Waals surface area contributed by atoms with Crippen LogP contribution in [0.4, 0.5) is 5.69 Å². The molecule has 1 heterocycles. The number of ether oxygens (including phenoxy) is 2. The van der Waals surface area contributed by atoms with E-state index < -0.39 is 6.04 Å².